The summed E-state index contributed by atoms with van der Waals surface area (Å²) in [4.78, 5) is 4.96. The standard InChI is InChI=1S/C49H44BN3O/c1-48(2,3)34-21-18-31(19-22-34)32-12-10-15-37(28-32)53-42-17-11-16-41-44(42)50(47-46(53)39-29-35(49(4,5)6)23-25-43(39)54-47)40-24-20-33-30-51-27-26-38(33)45(40)52(41)36-13-8-7-9-14-36/h7-29,51H,30H2,1-6H3. The molecule has 4 heterocycles. The van der Waals surface area contributed by atoms with E-state index in [-0.39, 0.29) is 17.5 Å². The third-order valence-electron chi connectivity index (χ3n) is 11.6. The molecular formula is C49H44BN3O. The Kier molecular flexibility index (Phi) is 7.13. The molecule has 1 aromatic heterocycles. The van der Waals surface area contributed by atoms with Crippen LogP contribution in [0.1, 0.15) is 63.8 Å². The van der Waals surface area contributed by atoms with E-state index in [1.807, 2.05) is 0 Å². The number of furan rings is 1. The van der Waals surface area contributed by atoms with Crippen LogP contribution in [0, 0.1) is 0 Å². The molecule has 264 valence electrons. The van der Waals surface area contributed by atoms with Gasteiger partial charge in [0.15, 0.2) is 0 Å². The van der Waals surface area contributed by atoms with Gasteiger partial charge in [-0.15, -0.1) is 0 Å². The normalized spacial score (nSPS) is 14.4. The Morgan fingerprint density at radius 3 is 2.04 bits per heavy atom. The molecule has 54 heavy (non-hydrogen) atoms. The van der Waals surface area contributed by atoms with Gasteiger partial charge in [-0.1, -0.05) is 120 Å². The third kappa shape index (κ3) is 4.98. The van der Waals surface area contributed by atoms with Crippen LogP contribution in [-0.4, -0.2) is 6.71 Å². The summed E-state index contributed by atoms with van der Waals surface area (Å²) in [6.07, 6.45) is 4.33. The second-order valence-electron chi connectivity index (χ2n) is 17.1. The molecule has 0 unspecified atom stereocenters. The molecular weight excluding hydrogens is 657 g/mol. The van der Waals surface area contributed by atoms with Crippen LogP contribution >= 0.6 is 0 Å². The first-order valence-electron chi connectivity index (χ1n) is 19.2. The van der Waals surface area contributed by atoms with Crippen molar-refractivity contribution in [2.75, 3.05) is 9.80 Å². The quantitative estimate of drug-likeness (QED) is 0.186. The Labute approximate surface area is 318 Å². The van der Waals surface area contributed by atoms with Crippen molar-refractivity contribution in [2.24, 2.45) is 0 Å². The maximum Gasteiger partial charge on any atom is 0.297 e. The number of fused-ring (bicyclic) bond motifs is 8. The van der Waals surface area contributed by atoms with E-state index < -0.39 is 0 Å². The summed E-state index contributed by atoms with van der Waals surface area (Å²) in [5.74, 6) is 0. The van der Waals surface area contributed by atoms with Gasteiger partial charge in [-0.25, -0.2) is 0 Å². The minimum Gasteiger partial charge on any atom is -0.468 e. The summed E-state index contributed by atoms with van der Waals surface area (Å²) in [7, 11) is 0. The molecule has 5 heteroatoms. The van der Waals surface area contributed by atoms with Crippen LogP contribution < -0.4 is 31.7 Å². The molecule has 6 aromatic carbocycles. The summed E-state index contributed by atoms with van der Waals surface area (Å²) in [6.45, 7) is 14.4. The van der Waals surface area contributed by atoms with Crippen molar-refractivity contribution >= 4 is 74.5 Å². The van der Waals surface area contributed by atoms with Crippen LogP contribution in [-0.2, 0) is 17.4 Å². The highest BCUT2D eigenvalue weighted by molar-refractivity contribution is 7.00. The van der Waals surface area contributed by atoms with Crippen LogP contribution in [0.2, 0.25) is 0 Å². The molecule has 3 aliphatic rings. The summed E-state index contributed by atoms with van der Waals surface area (Å²) in [6, 6.07) is 47.2. The Morgan fingerprint density at radius 1 is 0.611 bits per heavy atom. The van der Waals surface area contributed by atoms with Gasteiger partial charge < -0.3 is 19.5 Å². The minimum atomic E-state index is -0.0930. The molecule has 0 bridgehead atoms. The van der Waals surface area contributed by atoms with Crippen molar-refractivity contribution in [3.63, 3.8) is 0 Å². The average Bonchev–Trinajstić information content (AvgIpc) is 3.56. The van der Waals surface area contributed by atoms with E-state index in [1.54, 1.807) is 0 Å². The molecule has 1 N–H and O–H groups in total. The fourth-order valence-corrected chi connectivity index (χ4v) is 8.79. The van der Waals surface area contributed by atoms with Gasteiger partial charge in [-0.05, 0) is 110 Å². The lowest BCUT2D eigenvalue weighted by Crippen LogP contribution is -2.61. The van der Waals surface area contributed by atoms with E-state index in [0.717, 1.165) is 40.2 Å². The smallest absolute Gasteiger partial charge is 0.297 e. The Balaban J connectivity index is 1.26. The number of nitrogens with zero attached hydrogens (tertiary/aromatic N) is 2. The molecule has 0 amide bonds. The van der Waals surface area contributed by atoms with Crippen LogP contribution in [0.4, 0.5) is 34.1 Å². The number of anilines is 6. The van der Waals surface area contributed by atoms with Gasteiger partial charge in [0.1, 0.15) is 5.58 Å². The summed E-state index contributed by atoms with van der Waals surface area (Å²) >= 11 is 0. The van der Waals surface area contributed by atoms with Crippen molar-refractivity contribution < 1.29 is 4.42 Å². The molecule has 0 saturated heterocycles. The van der Waals surface area contributed by atoms with Crippen LogP contribution in [0.25, 0.3) is 28.2 Å². The van der Waals surface area contributed by atoms with E-state index in [4.69, 9.17) is 4.42 Å². The fraction of sp³-hybridized carbons (Fsp3) is 0.184. The van der Waals surface area contributed by atoms with E-state index in [1.165, 1.54) is 61.4 Å². The average molecular weight is 702 g/mol. The zero-order chi connectivity index (χ0) is 36.9. The third-order valence-corrected chi connectivity index (χ3v) is 11.6. The second-order valence-corrected chi connectivity index (χ2v) is 17.1. The van der Waals surface area contributed by atoms with Crippen molar-refractivity contribution in [3.8, 4) is 11.1 Å². The highest BCUT2D eigenvalue weighted by atomic mass is 16.3. The van der Waals surface area contributed by atoms with E-state index in [9.17, 15) is 0 Å². The van der Waals surface area contributed by atoms with E-state index in [2.05, 4.69) is 196 Å². The van der Waals surface area contributed by atoms with E-state index >= 15 is 0 Å². The molecule has 10 rings (SSSR count). The summed E-state index contributed by atoms with van der Waals surface area (Å²) in [5.41, 5.74) is 19.0. The fourth-order valence-electron chi connectivity index (χ4n) is 8.79. The SMILES string of the molecule is CC(C)(C)c1ccc(-c2cccc(N3c4cccc5c4B(c4ccc6c(c4N5c4ccccc4)C=CNC6)c4oc5ccc(C(C)(C)C)cc5c43)c2)cc1. The van der Waals surface area contributed by atoms with Crippen LogP contribution in [0.5, 0.6) is 0 Å². The largest absolute Gasteiger partial charge is 0.468 e. The van der Waals surface area contributed by atoms with Crippen molar-refractivity contribution in [1.82, 2.24) is 5.32 Å². The van der Waals surface area contributed by atoms with E-state index in [0.29, 0.717) is 0 Å². The second kappa shape index (κ2) is 11.8. The molecule has 0 fully saturated rings. The Bertz CT molecular complexity index is 2640. The molecule has 4 nitrogen and oxygen atoms in total. The van der Waals surface area contributed by atoms with Gasteiger partial charge in [-0.2, -0.15) is 0 Å². The summed E-state index contributed by atoms with van der Waals surface area (Å²) < 4.78 is 7.17. The zero-order valence-electron chi connectivity index (χ0n) is 31.9. The van der Waals surface area contributed by atoms with Crippen molar-refractivity contribution in [1.29, 1.82) is 0 Å². The molecule has 0 radical (unpaired) electrons. The first kappa shape index (κ1) is 32.7. The topological polar surface area (TPSA) is 31.6 Å². The van der Waals surface area contributed by atoms with Gasteiger partial charge in [-0.3, -0.25) is 0 Å². The summed E-state index contributed by atoms with van der Waals surface area (Å²) in [5, 5.41) is 4.58. The lowest BCUT2D eigenvalue weighted by Gasteiger charge is -2.43. The Morgan fingerprint density at radius 2 is 1.30 bits per heavy atom. The monoisotopic (exact) mass is 701 g/mol. The molecule has 0 aliphatic carbocycles. The number of hydrogen-bond acceptors (Lipinski definition) is 4. The maximum absolute atomic E-state index is 7.17. The maximum atomic E-state index is 7.17. The lowest BCUT2D eigenvalue weighted by atomic mass is 9.35. The van der Waals surface area contributed by atoms with Gasteiger partial charge in [0.05, 0.1) is 11.3 Å². The predicted molar refractivity (Wildman–Crippen MR) is 229 cm³/mol. The molecule has 0 atom stereocenters. The van der Waals surface area contributed by atoms with Crippen LogP contribution in [0.3, 0.4) is 0 Å². The van der Waals surface area contributed by atoms with Crippen LogP contribution in [0.15, 0.2) is 138 Å². The molecule has 0 saturated carbocycles. The number of para-hydroxylation sites is 1. The first-order valence-corrected chi connectivity index (χ1v) is 19.2. The molecule has 7 aromatic rings. The number of rotatable bonds is 3. The highest BCUT2D eigenvalue weighted by Gasteiger charge is 2.47. The zero-order valence-corrected chi connectivity index (χ0v) is 31.9. The number of benzene rings is 6. The van der Waals surface area contributed by atoms with Gasteiger partial charge in [0.2, 0.25) is 0 Å². The van der Waals surface area contributed by atoms with Gasteiger partial charge >= 0.3 is 0 Å². The predicted octanol–water partition coefficient (Wildman–Crippen LogP) is 10.9. The minimum absolute atomic E-state index is 0.0187. The first-order chi connectivity index (χ1) is 26.1. The van der Waals surface area contributed by atoms with Gasteiger partial charge in [0.25, 0.3) is 6.71 Å². The molecule has 0 spiro atoms. The Hall–Kier alpha value is -5.94. The van der Waals surface area contributed by atoms with Crippen molar-refractivity contribution in [3.05, 3.63) is 156 Å². The molecule has 3 aliphatic heterocycles. The number of hydrogen-bond donors (Lipinski definition) is 1. The number of nitrogens with one attached hydrogen (secondary N) is 1. The highest BCUT2D eigenvalue weighted by Crippen LogP contribution is 2.48. The van der Waals surface area contributed by atoms with Crippen molar-refractivity contribution in [2.45, 2.75) is 58.9 Å². The van der Waals surface area contributed by atoms with Gasteiger partial charge in [0, 0.05) is 45.9 Å². The lowest BCUT2D eigenvalue weighted by molar-refractivity contribution is 0.590.